The Bertz CT molecular complexity index is 687. The van der Waals surface area contributed by atoms with E-state index in [1.165, 1.54) is 5.56 Å². The Morgan fingerprint density at radius 1 is 1.16 bits per heavy atom. The molecular formula is C21H26N2O2. The van der Waals surface area contributed by atoms with Crippen molar-refractivity contribution in [1.82, 2.24) is 10.2 Å². The summed E-state index contributed by atoms with van der Waals surface area (Å²) in [5.74, 6) is 1.08. The molecule has 0 aliphatic carbocycles. The number of nitrogens with one attached hydrogen (secondary N) is 1. The van der Waals surface area contributed by atoms with Crippen molar-refractivity contribution in [2.45, 2.75) is 25.3 Å². The lowest BCUT2D eigenvalue weighted by molar-refractivity contribution is -0.134. The first-order valence-corrected chi connectivity index (χ1v) is 8.96. The second-order valence-corrected chi connectivity index (χ2v) is 6.39. The molecule has 132 valence electrons. The fourth-order valence-corrected chi connectivity index (χ4v) is 3.45. The summed E-state index contributed by atoms with van der Waals surface area (Å²) in [7, 11) is 1.68. The maximum absolute atomic E-state index is 12.8. The van der Waals surface area contributed by atoms with Crippen LogP contribution in [0.3, 0.4) is 0 Å². The normalized spacial score (nSPS) is 17.3. The van der Waals surface area contributed by atoms with Gasteiger partial charge in [-0.2, -0.15) is 0 Å². The lowest BCUT2D eigenvalue weighted by atomic mass is 10.0. The van der Waals surface area contributed by atoms with E-state index in [0.717, 1.165) is 43.8 Å². The van der Waals surface area contributed by atoms with Crippen LogP contribution in [-0.4, -0.2) is 37.6 Å². The molecule has 1 N–H and O–H groups in total. The number of hydrogen-bond acceptors (Lipinski definition) is 3. The highest BCUT2D eigenvalue weighted by Gasteiger charge is 2.29. The molecule has 4 heteroatoms. The van der Waals surface area contributed by atoms with Gasteiger partial charge in [0.05, 0.1) is 13.2 Å². The number of hydrogen-bond donors (Lipinski definition) is 1. The summed E-state index contributed by atoms with van der Waals surface area (Å²) in [6.45, 7) is 2.35. The van der Waals surface area contributed by atoms with Crippen molar-refractivity contribution in [1.29, 1.82) is 0 Å². The molecule has 25 heavy (non-hydrogen) atoms. The quantitative estimate of drug-likeness (QED) is 0.879. The molecule has 1 aliphatic rings. The maximum atomic E-state index is 12.8. The van der Waals surface area contributed by atoms with Crippen molar-refractivity contribution >= 4 is 5.91 Å². The maximum Gasteiger partial charge on any atom is 0.223 e. The van der Waals surface area contributed by atoms with Crippen molar-refractivity contribution in [3.8, 4) is 5.75 Å². The van der Waals surface area contributed by atoms with E-state index in [1.54, 1.807) is 7.11 Å². The largest absolute Gasteiger partial charge is 0.496 e. The number of amides is 1. The topological polar surface area (TPSA) is 41.6 Å². The van der Waals surface area contributed by atoms with Gasteiger partial charge in [0, 0.05) is 31.6 Å². The molecule has 4 nitrogen and oxygen atoms in total. The monoisotopic (exact) mass is 338 g/mol. The van der Waals surface area contributed by atoms with E-state index in [9.17, 15) is 4.79 Å². The van der Waals surface area contributed by atoms with Gasteiger partial charge in [-0.3, -0.25) is 4.79 Å². The molecule has 2 aromatic carbocycles. The van der Waals surface area contributed by atoms with Crippen molar-refractivity contribution in [3.05, 3.63) is 65.7 Å². The van der Waals surface area contributed by atoms with Gasteiger partial charge in [-0.15, -0.1) is 0 Å². The number of ether oxygens (including phenoxy) is 1. The average molecular weight is 338 g/mol. The van der Waals surface area contributed by atoms with Gasteiger partial charge in [-0.05, 0) is 24.5 Å². The van der Waals surface area contributed by atoms with E-state index >= 15 is 0 Å². The Morgan fingerprint density at radius 3 is 2.72 bits per heavy atom. The molecule has 1 heterocycles. The van der Waals surface area contributed by atoms with Crippen LogP contribution in [0.4, 0.5) is 0 Å². The SMILES string of the molecule is COc1ccccc1C1CNCCN1C(=O)CCCc1ccccc1. The minimum Gasteiger partial charge on any atom is -0.496 e. The van der Waals surface area contributed by atoms with Crippen LogP contribution < -0.4 is 10.1 Å². The lowest BCUT2D eigenvalue weighted by Gasteiger charge is -2.37. The molecule has 0 radical (unpaired) electrons. The Hall–Kier alpha value is -2.33. The Balaban J connectivity index is 1.65. The number of benzene rings is 2. The van der Waals surface area contributed by atoms with E-state index < -0.39 is 0 Å². The number of carbonyl (C=O) groups excluding carboxylic acids is 1. The smallest absolute Gasteiger partial charge is 0.223 e. The van der Waals surface area contributed by atoms with Gasteiger partial charge in [0.25, 0.3) is 0 Å². The molecule has 1 fully saturated rings. The molecule has 0 saturated carbocycles. The summed E-state index contributed by atoms with van der Waals surface area (Å²) in [4.78, 5) is 14.8. The summed E-state index contributed by atoms with van der Waals surface area (Å²) < 4.78 is 5.50. The summed E-state index contributed by atoms with van der Waals surface area (Å²) in [5.41, 5.74) is 2.37. The molecule has 3 rings (SSSR count). The Kier molecular flexibility index (Phi) is 6.07. The van der Waals surface area contributed by atoms with Crippen molar-refractivity contribution in [2.24, 2.45) is 0 Å². The van der Waals surface area contributed by atoms with E-state index in [-0.39, 0.29) is 11.9 Å². The number of carbonyl (C=O) groups is 1. The van der Waals surface area contributed by atoms with Crippen LogP contribution in [0.5, 0.6) is 5.75 Å². The van der Waals surface area contributed by atoms with Crippen molar-refractivity contribution < 1.29 is 9.53 Å². The number of methoxy groups -OCH3 is 1. The number of aryl methyl sites for hydroxylation is 1. The van der Waals surface area contributed by atoms with Crippen LogP contribution in [0.2, 0.25) is 0 Å². The third kappa shape index (κ3) is 4.40. The molecule has 0 bridgehead atoms. The van der Waals surface area contributed by atoms with Crippen LogP contribution in [0.15, 0.2) is 54.6 Å². The summed E-state index contributed by atoms with van der Waals surface area (Å²) in [6, 6.07) is 18.4. The van der Waals surface area contributed by atoms with Crippen LogP contribution in [0, 0.1) is 0 Å². The van der Waals surface area contributed by atoms with Gasteiger partial charge in [0.15, 0.2) is 0 Å². The first-order chi connectivity index (χ1) is 12.3. The van der Waals surface area contributed by atoms with Crippen molar-refractivity contribution in [2.75, 3.05) is 26.7 Å². The average Bonchev–Trinajstić information content (AvgIpc) is 2.68. The third-order valence-electron chi connectivity index (χ3n) is 4.76. The van der Waals surface area contributed by atoms with E-state index in [1.807, 2.05) is 41.3 Å². The molecule has 2 aromatic rings. The lowest BCUT2D eigenvalue weighted by Crippen LogP contribution is -2.48. The second-order valence-electron chi connectivity index (χ2n) is 6.39. The molecule has 0 aromatic heterocycles. The Labute approximate surface area is 149 Å². The standard InChI is InChI=1S/C21H26N2O2/c1-25-20-12-6-5-11-18(20)19-16-22-14-15-23(19)21(24)13-7-10-17-8-3-2-4-9-17/h2-6,8-9,11-12,19,22H,7,10,13-16H2,1H3. The number of para-hydroxylation sites is 1. The highest BCUT2D eigenvalue weighted by Crippen LogP contribution is 2.30. The molecule has 1 amide bonds. The highest BCUT2D eigenvalue weighted by atomic mass is 16.5. The van der Waals surface area contributed by atoms with Crippen LogP contribution in [-0.2, 0) is 11.2 Å². The van der Waals surface area contributed by atoms with Gasteiger partial charge >= 0.3 is 0 Å². The first kappa shape index (κ1) is 17.5. The van der Waals surface area contributed by atoms with Crippen molar-refractivity contribution in [3.63, 3.8) is 0 Å². The molecule has 1 aliphatic heterocycles. The first-order valence-electron chi connectivity index (χ1n) is 8.96. The van der Waals surface area contributed by atoms with Gasteiger partial charge in [0.2, 0.25) is 5.91 Å². The second kappa shape index (κ2) is 8.67. The molecular weight excluding hydrogens is 312 g/mol. The molecule has 0 spiro atoms. The highest BCUT2D eigenvalue weighted by molar-refractivity contribution is 5.77. The van der Waals surface area contributed by atoms with E-state index in [4.69, 9.17) is 4.74 Å². The van der Waals surface area contributed by atoms with Gasteiger partial charge in [-0.25, -0.2) is 0 Å². The fraction of sp³-hybridized carbons (Fsp3) is 0.381. The summed E-state index contributed by atoms with van der Waals surface area (Å²) >= 11 is 0. The minimum atomic E-state index is 0.0362. The zero-order valence-corrected chi connectivity index (χ0v) is 14.8. The molecule has 1 atom stereocenters. The van der Waals surface area contributed by atoms with E-state index in [2.05, 4.69) is 23.5 Å². The number of rotatable bonds is 6. The fourth-order valence-electron chi connectivity index (χ4n) is 3.45. The van der Waals surface area contributed by atoms with Crippen LogP contribution in [0.25, 0.3) is 0 Å². The van der Waals surface area contributed by atoms with E-state index in [0.29, 0.717) is 6.42 Å². The molecule has 1 saturated heterocycles. The summed E-state index contributed by atoms with van der Waals surface area (Å²) in [5, 5.41) is 3.40. The van der Waals surface area contributed by atoms with Gasteiger partial charge in [0.1, 0.15) is 5.75 Å². The van der Waals surface area contributed by atoms with Crippen LogP contribution >= 0.6 is 0 Å². The number of piperazine rings is 1. The zero-order valence-electron chi connectivity index (χ0n) is 14.8. The van der Waals surface area contributed by atoms with Crippen LogP contribution in [0.1, 0.15) is 30.0 Å². The number of nitrogens with zero attached hydrogens (tertiary/aromatic N) is 1. The third-order valence-corrected chi connectivity index (χ3v) is 4.76. The van der Waals surface area contributed by atoms with Gasteiger partial charge in [-0.1, -0.05) is 48.5 Å². The zero-order chi connectivity index (χ0) is 17.5. The minimum absolute atomic E-state index is 0.0362. The predicted molar refractivity (Wildman–Crippen MR) is 99.7 cm³/mol. The van der Waals surface area contributed by atoms with Gasteiger partial charge < -0.3 is 15.0 Å². The Morgan fingerprint density at radius 2 is 1.92 bits per heavy atom. The molecule has 1 unspecified atom stereocenters. The predicted octanol–water partition coefficient (Wildman–Crippen LogP) is 3.19. The summed E-state index contributed by atoms with van der Waals surface area (Å²) in [6.07, 6.45) is 2.41.